The van der Waals surface area contributed by atoms with Crippen molar-refractivity contribution in [1.29, 1.82) is 0 Å². The fraction of sp³-hybridized carbons (Fsp3) is 0.235. The molecule has 5 nitrogen and oxygen atoms in total. The van der Waals surface area contributed by atoms with Crippen LogP contribution in [0.3, 0.4) is 0 Å². The van der Waals surface area contributed by atoms with E-state index in [9.17, 15) is 14.9 Å². The lowest BCUT2D eigenvalue weighted by atomic mass is 9.86. The van der Waals surface area contributed by atoms with Crippen molar-refractivity contribution in [2.75, 3.05) is 5.32 Å². The van der Waals surface area contributed by atoms with Crippen molar-refractivity contribution < 1.29 is 9.72 Å². The standard InChI is InChI=1S/C17H18N2O3/c1-17(2,3)14-6-4-5-7-15(14)18-16(20)12-8-10-13(11-9-12)19(21)22/h4-11H,1-3H3,(H,18,20). The topological polar surface area (TPSA) is 72.2 Å². The van der Waals surface area contributed by atoms with Gasteiger partial charge >= 0.3 is 0 Å². The first-order valence-corrected chi connectivity index (χ1v) is 6.94. The molecule has 0 radical (unpaired) electrons. The van der Waals surface area contributed by atoms with Crippen LogP contribution >= 0.6 is 0 Å². The van der Waals surface area contributed by atoms with E-state index >= 15 is 0 Å². The zero-order valence-corrected chi connectivity index (χ0v) is 12.8. The molecule has 0 spiro atoms. The summed E-state index contributed by atoms with van der Waals surface area (Å²) >= 11 is 0. The largest absolute Gasteiger partial charge is 0.322 e. The van der Waals surface area contributed by atoms with Crippen LogP contribution in [0.4, 0.5) is 11.4 Å². The fourth-order valence-electron chi connectivity index (χ4n) is 2.18. The third kappa shape index (κ3) is 3.49. The van der Waals surface area contributed by atoms with Crippen molar-refractivity contribution in [3.8, 4) is 0 Å². The number of carbonyl (C=O) groups excluding carboxylic acids is 1. The molecule has 0 bridgehead atoms. The zero-order valence-electron chi connectivity index (χ0n) is 12.8. The highest BCUT2D eigenvalue weighted by Gasteiger charge is 2.19. The van der Waals surface area contributed by atoms with Gasteiger partial charge in [-0.05, 0) is 29.2 Å². The molecule has 0 aliphatic carbocycles. The summed E-state index contributed by atoms with van der Waals surface area (Å²) in [5.41, 5.74) is 2.03. The van der Waals surface area contributed by atoms with Crippen LogP contribution in [-0.2, 0) is 5.41 Å². The van der Waals surface area contributed by atoms with Gasteiger partial charge in [0.25, 0.3) is 11.6 Å². The molecular formula is C17H18N2O3. The monoisotopic (exact) mass is 298 g/mol. The molecule has 0 aliphatic heterocycles. The Morgan fingerprint density at radius 3 is 2.18 bits per heavy atom. The number of para-hydroxylation sites is 1. The Morgan fingerprint density at radius 2 is 1.64 bits per heavy atom. The molecule has 5 heteroatoms. The predicted molar refractivity (Wildman–Crippen MR) is 86.2 cm³/mol. The second kappa shape index (κ2) is 5.97. The van der Waals surface area contributed by atoms with Crippen LogP contribution in [0.15, 0.2) is 48.5 Å². The molecule has 0 aromatic heterocycles. The van der Waals surface area contributed by atoms with E-state index < -0.39 is 4.92 Å². The summed E-state index contributed by atoms with van der Waals surface area (Å²) in [5.74, 6) is -0.286. The summed E-state index contributed by atoms with van der Waals surface area (Å²) in [6, 6.07) is 13.2. The van der Waals surface area contributed by atoms with Crippen molar-refractivity contribution in [3.05, 3.63) is 69.8 Å². The summed E-state index contributed by atoms with van der Waals surface area (Å²) < 4.78 is 0. The predicted octanol–water partition coefficient (Wildman–Crippen LogP) is 4.14. The quantitative estimate of drug-likeness (QED) is 0.683. The van der Waals surface area contributed by atoms with E-state index in [-0.39, 0.29) is 17.0 Å². The van der Waals surface area contributed by atoms with Gasteiger partial charge in [-0.3, -0.25) is 14.9 Å². The van der Waals surface area contributed by atoms with E-state index in [4.69, 9.17) is 0 Å². The molecule has 2 aromatic rings. The smallest absolute Gasteiger partial charge is 0.269 e. The van der Waals surface area contributed by atoms with Crippen LogP contribution in [-0.4, -0.2) is 10.8 Å². The van der Waals surface area contributed by atoms with Crippen LogP contribution in [0.25, 0.3) is 0 Å². The second-order valence-electron chi connectivity index (χ2n) is 6.05. The molecule has 0 unspecified atom stereocenters. The maximum atomic E-state index is 12.3. The van der Waals surface area contributed by atoms with Gasteiger partial charge in [-0.1, -0.05) is 39.0 Å². The number of nitro groups is 1. The van der Waals surface area contributed by atoms with E-state index in [0.29, 0.717) is 5.56 Å². The van der Waals surface area contributed by atoms with Gasteiger partial charge in [0.05, 0.1) is 4.92 Å². The van der Waals surface area contributed by atoms with Gasteiger partial charge in [0, 0.05) is 23.4 Å². The molecule has 0 saturated heterocycles. The second-order valence-corrected chi connectivity index (χ2v) is 6.05. The van der Waals surface area contributed by atoms with E-state index in [1.165, 1.54) is 24.3 Å². The van der Waals surface area contributed by atoms with Gasteiger partial charge in [-0.25, -0.2) is 0 Å². The molecule has 0 saturated carbocycles. The number of carbonyl (C=O) groups is 1. The molecule has 0 aliphatic rings. The van der Waals surface area contributed by atoms with Gasteiger partial charge in [0.15, 0.2) is 0 Å². The van der Waals surface area contributed by atoms with E-state index in [1.807, 2.05) is 24.3 Å². The third-order valence-corrected chi connectivity index (χ3v) is 3.32. The molecule has 0 fully saturated rings. The number of nitrogens with zero attached hydrogens (tertiary/aromatic N) is 1. The summed E-state index contributed by atoms with van der Waals surface area (Å²) in [6.45, 7) is 6.22. The molecule has 0 atom stereocenters. The Balaban J connectivity index is 2.24. The minimum absolute atomic E-state index is 0.0355. The molecule has 1 amide bonds. The van der Waals surface area contributed by atoms with Crippen LogP contribution in [0.5, 0.6) is 0 Å². The number of hydrogen-bond acceptors (Lipinski definition) is 3. The van der Waals surface area contributed by atoms with E-state index in [1.54, 1.807) is 0 Å². The average molecular weight is 298 g/mol. The van der Waals surface area contributed by atoms with Crippen molar-refractivity contribution in [1.82, 2.24) is 0 Å². The molecule has 22 heavy (non-hydrogen) atoms. The minimum atomic E-state index is -0.489. The highest BCUT2D eigenvalue weighted by atomic mass is 16.6. The summed E-state index contributed by atoms with van der Waals surface area (Å²) in [6.07, 6.45) is 0. The zero-order chi connectivity index (χ0) is 16.3. The highest BCUT2D eigenvalue weighted by molar-refractivity contribution is 6.04. The SMILES string of the molecule is CC(C)(C)c1ccccc1NC(=O)c1ccc([N+](=O)[O-])cc1. The Bertz CT molecular complexity index is 701. The first kappa shape index (κ1) is 15.7. The van der Waals surface area contributed by atoms with Crippen LogP contribution in [0.2, 0.25) is 0 Å². The lowest BCUT2D eigenvalue weighted by molar-refractivity contribution is -0.384. The number of nitro benzene ring substituents is 1. The molecular weight excluding hydrogens is 280 g/mol. The Morgan fingerprint density at radius 1 is 1.05 bits per heavy atom. The normalized spacial score (nSPS) is 11.0. The lowest BCUT2D eigenvalue weighted by Crippen LogP contribution is -2.18. The van der Waals surface area contributed by atoms with E-state index in [0.717, 1.165) is 11.3 Å². The molecule has 0 heterocycles. The van der Waals surface area contributed by atoms with Crippen molar-refractivity contribution >= 4 is 17.3 Å². The maximum Gasteiger partial charge on any atom is 0.269 e. The van der Waals surface area contributed by atoms with Crippen molar-refractivity contribution in [2.24, 2.45) is 0 Å². The number of non-ortho nitro benzene ring substituents is 1. The minimum Gasteiger partial charge on any atom is -0.322 e. The first-order valence-electron chi connectivity index (χ1n) is 6.94. The van der Waals surface area contributed by atoms with Gasteiger partial charge in [-0.15, -0.1) is 0 Å². The first-order chi connectivity index (χ1) is 10.3. The van der Waals surface area contributed by atoms with Crippen molar-refractivity contribution in [3.63, 3.8) is 0 Å². The third-order valence-electron chi connectivity index (χ3n) is 3.32. The van der Waals surface area contributed by atoms with Gasteiger partial charge in [0.1, 0.15) is 0 Å². The van der Waals surface area contributed by atoms with Gasteiger partial charge < -0.3 is 5.32 Å². The average Bonchev–Trinajstić information content (AvgIpc) is 2.46. The molecule has 2 rings (SSSR count). The number of benzene rings is 2. The van der Waals surface area contributed by atoms with Crippen LogP contribution in [0, 0.1) is 10.1 Å². The molecule has 1 N–H and O–H groups in total. The van der Waals surface area contributed by atoms with Crippen molar-refractivity contribution in [2.45, 2.75) is 26.2 Å². The Labute approximate surface area is 129 Å². The number of hydrogen-bond donors (Lipinski definition) is 1. The molecule has 114 valence electrons. The number of anilines is 1. The summed E-state index contributed by atoms with van der Waals surface area (Å²) in [4.78, 5) is 22.4. The molecule has 2 aromatic carbocycles. The summed E-state index contributed by atoms with van der Waals surface area (Å²) in [5, 5.41) is 13.5. The Kier molecular flexibility index (Phi) is 4.26. The van der Waals surface area contributed by atoms with Crippen LogP contribution in [0.1, 0.15) is 36.7 Å². The van der Waals surface area contributed by atoms with E-state index in [2.05, 4.69) is 26.1 Å². The maximum absolute atomic E-state index is 12.3. The number of nitrogens with one attached hydrogen (secondary N) is 1. The number of amides is 1. The highest BCUT2D eigenvalue weighted by Crippen LogP contribution is 2.29. The van der Waals surface area contributed by atoms with Gasteiger partial charge in [0.2, 0.25) is 0 Å². The summed E-state index contributed by atoms with van der Waals surface area (Å²) in [7, 11) is 0. The van der Waals surface area contributed by atoms with Gasteiger partial charge in [-0.2, -0.15) is 0 Å². The Hall–Kier alpha value is -2.69. The fourth-order valence-corrected chi connectivity index (χ4v) is 2.18. The van der Waals surface area contributed by atoms with Crippen LogP contribution < -0.4 is 5.32 Å². The number of rotatable bonds is 3. The lowest BCUT2D eigenvalue weighted by Gasteiger charge is -2.23.